The summed E-state index contributed by atoms with van der Waals surface area (Å²) in [5.74, 6) is 0.663. The van der Waals surface area contributed by atoms with Gasteiger partial charge in [-0.25, -0.2) is 14.5 Å². The number of hydrogen-bond acceptors (Lipinski definition) is 8. The summed E-state index contributed by atoms with van der Waals surface area (Å²) in [7, 11) is 1.65. The highest BCUT2D eigenvalue weighted by Crippen LogP contribution is 2.32. The zero-order valence-corrected chi connectivity index (χ0v) is 24.4. The summed E-state index contributed by atoms with van der Waals surface area (Å²) in [6, 6.07) is 9.76. The molecule has 0 aliphatic carbocycles. The number of thiophene rings is 1. The number of nitrogens with one attached hydrogen (secondary N) is 1. The molecule has 0 spiro atoms. The molecule has 1 aliphatic heterocycles. The summed E-state index contributed by atoms with van der Waals surface area (Å²) in [5, 5.41) is 9.29. The Kier molecular flexibility index (Phi) is 8.56. The van der Waals surface area contributed by atoms with Gasteiger partial charge in [0.15, 0.2) is 11.4 Å². The average molecular weight is 560 g/mol. The molecule has 40 heavy (non-hydrogen) atoms. The number of carbonyl (C=O) groups is 2. The van der Waals surface area contributed by atoms with Crippen LogP contribution in [-0.2, 0) is 4.79 Å². The second-order valence-corrected chi connectivity index (χ2v) is 11.0. The topological polar surface area (TPSA) is 95.7 Å². The minimum absolute atomic E-state index is 0.0467. The number of amides is 1. The molecule has 0 saturated carbocycles. The van der Waals surface area contributed by atoms with Gasteiger partial charge >= 0.3 is 0 Å². The van der Waals surface area contributed by atoms with Crippen LogP contribution in [0.25, 0.3) is 27.5 Å². The van der Waals surface area contributed by atoms with Gasteiger partial charge in [0.25, 0.3) is 0 Å². The van der Waals surface area contributed by atoms with E-state index >= 15 is 0 Å². The van der Waals surface area contributed by atoms with Crippen LogP contribution in [0.5, 0.6) is 0 Å². The summed E-state index contributed by atoms with van der Waals surface area (Å²) >= 11 is 1.63. The molecule has 1 saturated heterocycles. The number of fused-ring (bicyclic) bond motifs is 1. The zero-order valence-electron chi connectivity index (χ0n) is 23.6. The van der Waals surface area contributed by atoms with Gasteiger partial charge in [-0.1, -0.05) is 26.8 Å². The highest BCUT2D eigenvalue weighted by atomic mass is 32.1. The Morgan fingerprint density at radius 2 is 1.98 bits per heavy atom. The minimum atomic E-state index is -0.296. The average Bonchev–Trinajstić information content (AvgIpc) is 3.64. The van der Waals surface area contributed by atoms with Crippen molar-refractivity contribution in [3.05, 3.63) is 53.7 Å². The van der Waals surface area contributed by atoms with E-state index in [1.54, 1.807) is 29.1 Å². The van der Waals surface area contributed by atoms with Crippen molar-refractivity contribution >= 4 is 34.5 Å². The fraction of sp³-hybridized carbons (Fsp3) is 0.433. The summed E-state index contributed by atoms with van der Waals surface area (Å²) in [4.78, 5) is 41.4. The lowest BCUT2D eigenvalue weighted by molar-refractivity contribution is -0.123. The van der Waals surface area contributed by atoms with Crippen molar-refractivity contribution in [2.75, 3.05) is 31.6 Å². The highest BCUT2D eigenvalue weighted by molar-refractivity contribution is 7.13. The second-order valence-electron chi connectivity index (χ2n) is 10.1. The van der Waals surface area contributed by atoms with Gasteiger partial charge < -0.3 is 15.1 Å². The van der Waals surface area contributed by atoms with Crippen LogP contribution in [0.2, 0.25) is 0 Å². The molecule has 0 bridgehead atoms. The fourth-order valence-electron chi connectivity index (χ4n) is 5.50. The lowest BCUT2D eigenvalue weighted by Crippen LogP contribution is -2.56. The predicted molar refractivity (Wildman–Crippen MR) is 160 cm³/mol. The molecule has 9 nitrogen and oxygen atoms in total. The smallest absolute Gasteiger partial charge is 0.242 e. The lowest BCUT2D eigenvalue weighted by atomic mass is 9.98. The Labute approximate surface area is 239 Å². The first kappa shape index (κ1) is 27.9. The van der Waals surface area contributed by atoms with E-state index in [4.69, 9.17) is 9.97 Å². The molecule has 0 radical (unpaired) electrons. The van der Waals surface area contributed by atoms with E-state index in [1.807, 2.05) is 46.8 Å². The van der Waals surface area contributed by atoms with Crippen LogP contribution in [-0.4, -0.2) is 74.9 Å². The number of pyridine rings is 1. The Morgan fingerprint density at radius 1 is 1.15 bits per heavy atom. The number of rotatable bonds is 12. The summed E-state index contributed by atoms with van der Waals surface area (Å²) in [6.45, 7) is 9.16. The lowest BCUT2D eigenvalue weighted by Gasteiger charge is -2.40. The first-order valence-electron chi connectivity index (χ1n) is 14.1. The van der Waals surface area contributed by atoms with Gasteiger partial charge in [-0.15, -0.1) is 11.3 Å². The summed E-state index contributed by atoms with van der Waals surface area (Å²) < 4.78 is 1.73. The van der Waals surface area contributed by atoms with Crippen LogP contribution < -0.4 is 10.2 Å². The van der Waals surface area contributed by atoms with Crippen LogP contribution in [0.3, 0.4) is 0 Å². The Balaban J connectivity index is 1.52. The Morgan fingerprint density at radius 3 is 2.62 bits per heavy atom. The molecular formula is C30H37N7O2S. The van der Waals surface area contributed by atoms with Crippen molar-refractivity contribution in [2.24, 2.45) is 0 Å². The van der Waals surface area contributed by atoms with Crippen molar-refractivity contribution in [3.8, 4) is 21.8 Å². The first-order valence-corrected chi connectivity index (χ1v) is 15.0. The van der Waals surface area contributed by atoms with Gasteiger partial charge in [0.2, 0.25) is 5.91 Å². The van der Waals surface area contributed by atoms with Gasteiger partial charge in [0.05, 0.1) is 28.0 Å². The largest absolute Gasteiger partial charge is 0.357 e. The zero-order chi connectivity index (χ0) is 28.2. The quantitative estimate of drug-likeness (QED) is 0.246. The molecule has 5 heterocycles. The molecule has 2 atom stereocenters. The third-order valence-corrected chi connectivity index (χ3v) is 8.81. The Bertz CT molecular complexity index is 1480. The van der Waals surface area contributed by atoms with Crippen LogP contribution in [0.4, 0.5) is 5.82 Å². The number of hydrogen-bond donors (Lipinski definition) is 1. The van der Waals surface area contributed by atoms with Crippen LogP contribution >= 0.6 is 11.3 Å². The number of carbonyl (C=O) groups excluding carboxylic acids is 2. The maximum absolute atomic E-state index is 13.6. The maximum atomic E-state index is 13.6. The third-order valence-electron chi connectivity index (χ3n) is 7.92. The van der Waals surface area contributed by atoms with Crippen LogP contribution in [0.15, 0.2) is 48.1 Å². The molecule has 210 valence electrons. The van der Waals surface area contributed by atoms with Crippen molar-refractivity contribution in [3.63, 3.8) is 0 Å². The second kappa shape index (κ2) is 12.3. The normalized spacial score (nSPS) is 15.8. The summed E-state index contributed by atoms with van der Waals surface area (Å²) in [6.07, 6.45) is 6.65. The van der Waals surface area contributed by atoms with E-state index in [-0.39, 0.29) is 17.7 Å². The number of nitrogens with zero attached hydrogens (tertiary/aromatic N) is 6. The van der Waals surface area contributed by atoms with Crippen molar-refractivity contribution < 1.29 is 9.59 Å². The molecule has 1 aliphatic rings. The van der Waals surface area contributed by atoms with Crippen molar-refractivity contribution in [1.82, 2.24) is 29.8 Å². The molecule has 5 rings (SSSR count). The van der Waals surface area contributed by atoms with E-state index in [2.05, 4.69) is 36.1 Å². The van der Waals surface area contributed by atoms with Crippen molar-refractivity contribution in [2.45, 2.75) is 58.5 Å². The van der Waals surface area contributed by atoms with Gasteiger partial charge in [-0.05, 0) is 62.0 Å². The third kappa shape index (κ3) is 5.51. The van der Waals surface area contributed by atoms with E-state index in [0.29, 0.717) is 41.7 Å². The first-order chi connectivity index (χ1) is 19.5. The molecule has 0 aromatic carbocycles. The molecule has 1 N–H and O–H groups in total. The van der Waals surface area contributed by atoms with Gasteiger partial charge in [0.1, 0.15) is 11.9 Å². The predicted octanol–water partition coefficient (Wildman–Crippen LogP) is 4.93. The molecule has 1 amide bonds. The number of anilines is 1. The molecule has 10 heteroatoms. The van der Waals surface area contributed by atoms with E-state index < -0.39 is 0 Å². The fourth-order valence-corrected chi connectivity index (χ4v) is 6.20. The van der Waals surface area contributed by atoms with Gasteiger partial charge in [0, 0.05) is 37.8 Å². The highest BCUT2D eigenvalue weighted by Gasteiger charge is 2.35. The molecule has 1 fully saturated rings. The number of aromatic nitrogens is 4. The monoisotopic (exact) mass is 559 g/mol. The van der Waals surface area contributed by atoms with E-state index in [9.17, 15) is 9.59 Å². The number of ketones is 1. The van der Waals surface area contributed by atoms with Gasteiger partial charge in [-0.3, -0.25) is 9.59 Å². The van der Waals surface area contributed by atoms with Gasteiger partial charge in [-0.2, -0.15) is 5.10 Å². The van der Waals surface area contributed by atoms with E-state index in [0.717, 1.165) is 48.5 Å². The van der Waals surface area contributed by atoms with Crippen molar-refractivity contribution in [1.29, 1.82) is 0 Å². The summed E-state index contributed by atoms with van der Waals surface area (Å²) in [5.41, 5.74) is 3.52. The Hall–Kier alpha value is -3.63. The van der Waals surface area contributed by atoms with Crippen LogP contribution in [0, 0.1) is 0 Å². The number of likely N-dealkylation sites (N-methyl/N-ethyl adjacent to an activating group) is 1. The van der Waals surface area contributed by atoms with Crippen LogP contribution in [0.1, 0.15) is 56.8 Å². The minimum Gasteiger partial charge on any atom is -0.357 e. The van der Waals surface area contributed by atoms with E-state index in [1.165, 1.54) is 0 Å². The standard InChI is InChI=1S/C30H37N7O2S/c1-5-21(35(6-2)7-3)10-11-26(38)20-17-24(33-28(18-20)36-14-13-25(36)30(39)31-4)22-19-32-37-15-12-23(34-29(22)37)27-9-8-16-40-27/h8-9,12,15-19,21,25H,5-7,10-11,13-14H2,1-4H3,(H,31,39)/t21-,25-/m0/s1. The molecule has 4 aromatic rings. The SMILES string of the molecule is CC[C@@H](CCC(=O)c1cc(-c2cnn3ccc(-c4cccs4)nc23)nc(N2CC[C@H]2C(=O)NC)c1)N(CC)CC. The number of Topliss-reactive ketones (excluding diaryl/α,β-unsaturated/α-hetero) is 1. The molecule has 4 aromatic heterocycles. The molecule has 0 unspecified atom stereocenters. The maximum Gasteiger partial charge on any atom is 0.242 e. The molecular weight excluding hydrogens is 522 g/mol.